The summed E-state index contributed by atoms with van der Waals surface area (Å²) in [7, 11) is 0. The van der Waals surface area contributed by atoms with Crippen LogP contribution in [-0.4, -0.2) is 40.0 Å². The van der Waals surface area contributed by atoms with E-state index in [0.717, 1.165) is 49.2 Å². The fourth-order valence-corrected chi connectivity index (χ4v) is 4.32. The van der Waals surface area contributed by atoms with E-state index in [4.69, 9.17) is 0 Å². The molecule has 6 nitrogen and oxygen atoms in total. The zero-order chi connectivity index (χ0) is 25.3. The van der Waals surface area contributed by atoms with Crippen LogP contribution >= 0.6 is 11.3 Å². The minimum atomic E-state index is -4.41. The molecule has 1 heterocycles. The van der Waals surface area contributed by atoms with Gasteiger partial charge in [0.2, 0.25) is 16.9 Å². The summed E-state index contributed by atoms with van der Waals surface area (Å²) in [4.78, 5) is 27.3. The molecule has 1 aromatic carbocycles. The predicted octanol–water partition coefficient (Wildman–Crippen LogP) is 6.25. The Bertz CT molecular complexity index is 929. The summed E-state index contributed by atoms with van der Waals surface area (Å²) in [5.41, 5.74) is -0.257. The lowest BCUT2D eigenvalue weighted by molar-refractivity contribution is -0.138. The fraction of sp³-hybridized carbons (Fsp3) is 0.583. The maximum atomic E-state index is 13.0. The van der Waals surface area contributed by atoms with E-state index in [9.17, 15) is 22.8 Å². The Hall–Kier alpha value is -2.49. The molecule has 1 unspecified atom stereocenters. The summed E-state index contributed by atoms with van der Waals surface area (Å²) in [6.45, 7) is 9.10. The summed E-state index contributed by atoms with van der Waals surface area (Å²) in [6.07, 6.45) is -0.624. The largest absolute Gasteiger partial charge is 0.416 e. The second kappa shape index (κ2) is 12.8. The Morgan fingerprint density at radius 1 is 1.12 bits per heavy atom. The highest BCUT2D eigenvalue weighted by Crippen LogP contribution is 2.32. The monoisotopic (exact) mass is 498 g/mol. The van der Waals surface area contributed by atoms with Crippen LogP contribution in [0.25, 0.3) is 10.6 Å². The standard InChI is InChI=1S/C24H33F3N4O2S/c1-5-7-8-17(6-2)22(33)31(15-16(3)4)14-13-20(32)28-23-30-29-21(34-23)18-9-11-19(12-10-18)24(25,26)27/h9-12,16-17H,5-8,13-15H2,1-4H3,(H,28,30,32). The topological polar surface area (TPSA) is 75.2 Å². The number of halogens is 3. The Morgan fingerprint density at radius 2 is 1.79 bits per heavy atom. The van der Waals surface area contributed by atoms with Crippen molar-refractivity contribution in [3.05, 3.63) is 29.8 Å². The maximum absolute atomic E-state index is 13.0. The van der Waals surface area contributed by atoms with Gasteiger partial charge in [0.05, 0.1) is 5.56 Å². The normalized spacial score (nSPS) is 12.6. The van der Waals surface area contributed by atoms with Crippen molar-refractivity contribution in [3.63, 3.8) is 0 Å². The molecule has 188 valence electrons. The van der Waals surface area contributed by atoms with Gasteiger partial charge in [0.15, 0.2) is 0 Å². The number of hydrogen-bond donors (Lipinski definition) is 1. The van der Waals surface area contributed by atoms with Gasteiger partial charge in [0.25, 0.3) is 0 Å². The number of carbonyl (C=O) groups is 2. The highest BCUT2D eigenvalue weighted by atomic mass is 32.1. The summed E-state index contributed by atoms with van der Waals surface area (Å²) >= 11 is 1.08. The molecule has 0 aliphatic heterocycles. The first-order valence-corrected chi connectivity index (χ1v) is 12.5. The summed E-state index contributed by atoms with van der Waals surface area (Å²) in [5.74, 6) is 0.0533. The van der Waals surface area contributed by atoms with Crippen molar-refractivity contribution in [3.8, 4) is 10.6 Å². The molecule has 0 radical (unpaired) electrons. The second-order valence-corrected chi connectivity index (χ2v) is 9.69. The van der Waals surface area contributed by atoms with Crippen molar-refractivity contribution in [2.24, 2.45) is 11.8 Å². The molecule has 1 aromatic heterocycles. The first kappa shape index (κ1) is 27.8. The van der Waals surface area contributed by atoms with Gasteiger partial charge in [-0.2, -0.15) is 13.2 Å². The molecule has 34 heavy (non-hydrogen) atoms. The van der Waals surface area contributed by atoms with Crippen LogP contribution in [0, 0.1) is 11.8 Å². The first-order valence-electron chi connectivity index (χ1n) is 11.6. The minimum absolute atomic E-state index is 0.0313. The number of alkyl halides is 3. The third-order valence-corrected chi connectivity index (χ3v) is 6.27. The SMILES string of the molecule is CCCCC(CC)C(=O)N(CCC(=O)Nc1nnc(-c2ccc(C(F)(F)F)cc2)s1)CC(C)C. The van der Waals surface area contributed by atoms with Gasteiger partial charge in [0.1, 0.15) is 5.01 Å². The van der Waals surface area contributed by atoms with Gasteiger partial charge < -0.3 is 10.2 Å². The minimum Gasteiger partial charge on any atom is -0.342 e. The van der Waals surface area contributed by atoms with Crippen LogP contribution in [0.5, 0.6) is 0 Å². The molecular formula is C24H33F3N4O2S. The van der Waals surface area contributed by atoms with Gasteiger partial charge in [0, 0.05) is 31.0 Å². The van der Waals surface area contributed by atoms with Gasteiger partial charge in [-0.25, -0.2) is 0 Å². The van der Waals surface area contributed by atoms with Crippen LogP contribution in [0.15, 0.2) is 24.3 Å². The van der Waals surface area contributed by atoms with Crippen LogP contribution in [0.1, 0.15) is 65.4 Å². The van der Waals surface area contributed by atoms with Crippen LogP contribution in [0.4, 0.5) is 18.3 Å². The number of unbranched alkanes of at least 4 members (excludes halogenated alkanes) is 1. The number of benzene rings is 1. The van der Waals surface area contributed by atoms with Crippen LogP contribution in [0.2, 0.25) is 0 Å². The zero-order valence-electron chi connectivity index (χ0n) is 20.1. The predicted molar refractivity (Wildman–Crippen MR) is 128 cm³/mol. The average Bonchev–Trinajstić information content (AvgIpc) is 3.24. The average molecular weight is 499 g/mol. The van der Waals surface area contributed by atoms with Gasteiger partial charge in [-0.1, -0.05) is 64.0 Å². The van der Waals surface area contributed by atoms with E-state index in [2.05, 4.69) is 22.4 Å². The molecule has 0 fully saturated rings. The second-order valence-electron chi connectivity index (χ2n) is 8.71. The van der Waals surface area contributed by atoms with Crippen LogP contribution < -0.4 is 5.32 Å². The van der Waals surface area contributed by atoms with Crippen LogP contribution in [-0.2, 0) is 15.8 Å². The van der Waals surface area contributed by atoms with E-state index in [-0.39, 0.29) is 35.2 Å². The quantitative estimate of drug-likeness (QED) is 0.375. The lowest BCUT2D eigenvalue weighted by atomic mass is 9.97. The highest BCUT2D eigenvalue weighted by Gasteiger charge is 2.30. The number of anilines is 1. The van der Waals surface area contributed by atoms with E-state index in [1.54, 1.807) is 4.90 Å². The molecule has 1 atom stereocenters. The van der Waals surface area contributed by atoms with Gasteiger partial charge in [-0.3, -0.25) is 9.59 Å². The van der Waals surface area contributed by atoms with Gasteiger partial charge in [-0.05, 0) is 30.9 Å². The molecule has 0 bridgehead atoms. The van der Waals surface area contributed by atoms with Crippen molar-refractivity contribution in [2.75, 3.05) is 18.4 Å². The van der Waals surface area contributed by atoms with E-state index in [1.807, 2.05) is 20.8 Å². The number of amides is 2. The molecule has 0 saturated carbocycles. The van der Waals surface area contributed by atoms with Crippen molar-refractivity contribution in [1.29, 1.82) is 0 Å². The molecule has 2 amide bonds. The first-order chi connectivity index (χ1) is 16.0. The van der Waals surface area contributed by atoms with E-state index >= 15 is 0 Å². The number of aromatic nitrogens is 2. The Balaban J connectivity index is 1.97. The number of rotatable bonds is 12. The molecule has 1 N–H and O–H groups in total. The summed E-state index contributed by atoms with van der Waals surface area (Å²) < 4.78 is 38.2. The third kappa shape index (κ3) is 8.38. The Kier molecular flexibility index (Phi) is 10.5. The molecule has 2 rings (SSSR count). The number of nitrogens with one attached hydrogen (secondary N) is 1. The number of nitrogens with zero attached hydrogens (tertiary/aromatic N) is 3. The molecule has 2 aromatic rings. The van der Waals surface area contributed by atoms with E-state index < -0.39 is 11.7 Å². The third-order valence-electron chi connectivity index (χ3n) is 5.38. The molecule has 0 aliphatic carbocycles. The Labute approximate surface area is 203 Å². The molecule has 0 spiro atoms. The van der Waals surface area contributed by atoms with E-state index in [0.29, 0.717) is 23.7 Å². The van der Waals surface area contributed by atoms with Crippen molar-refractivity contribution < 1.29 is 22.8 Å². The Morgan fingerprint density at radius 3 is 2.35 bits per heavy atom. The van der Waals surface area contributed by atoms with E-state index in [1.165, 1.54) is 12.1 Å². The van der Waals surface area contributed by atoms with Gasteiger partial charge in [-0.15, -0.1) is 10.2 Å². The summed E-state index contributed by atoms with van der Waals surface area (Å²) in [6, 6.07) is 4.62. The van der Waals surface area contributed by atoms with Crippen molar-refractivity contribution >= 4 is 28.3 Å². The maximum Gasteiger partial charge on any atom is 0.416 e. The highest BCUT2D eigenvalue weighted by molar-refractivity contribution is 7.18. The van der Waals surface area contributed by atoms with Crippen molar-refractivity contribution in [2.45, 2.75) is 66.0 Å². The molecular weight excluding hydrogens is 465 g/mol. The zero-order valence-corrected chi connectivity index (χ0v) is 20.9. The fourth-order valence-electron chi connectivity index (χ4n) is 3.55. The lowest BCUT2D eigenvalue weighted by Crippen LogP contribution is -2.40. The van der Waals surface area contributed by atoms with Gasteiger partial charge >= 0.3 is 6.18 Å². The van der Waals surface area contributed by atoms with Crippen LogP contribution in [0.3, 0.4) is 0 Å². The number of hydrogen-bond acceptors (Lipinski definition) is 5. The lowest BCUT2D eigenvalue weighted by Gasteiger charge is -2.28. The van der Waals surface area contributed by atoms with Crippen molar-refractivity contribution in [1.82, 2.24) is 15.1 Å². The summed E-state index contributed by atoms with van der Waals surface area (Å²) in [5, 5.41) is 11.2. The molecule has 0 aliphatic rings. The number of carbonyl (C=O) groups excluding carboxylic acids is 2. The smallest absolute Gasteiger partial charge is 0.342 e. The molecule has 0 saturated heterocycles. The molecule has 10 heteroatoms.